The second kappa shape index (κ2) is 12.4. The Hall–Kier alpha value is -1.17. The van der Waals surface area contributed by atoms with Gasteiger partial charge in [-0.3, -0.25) is 0 Å². The lowest BCUT2D eigenvalue weighted by Crippen LogP contribution is -2.40. The van der Waals surface area contributed by atoms with Gasteiger partial charge in [-0.15, -0.1) is 35.3 Å². The fourth-order valence-electron chi connectivity index (χ4n) is 3.03. The van der Waals surface area contributed by atoms with Gasteiger partial charge in [0.2, 0.25) is 5.89 Å². The molecular formula is C19H29IN4O3S. The van der Waals surface area contributed by atoms with Gasteiger partial charge in [-0.05, 0) is 24.8 Å². The zero-order valence-electron chi connectivity index (χ0n) is 16.4. The standard InChI is InChI=1S/C19H28N4O3S.HI/c1-3-20-19(23-7-6-15(12-23)13-25-9-8-24-2)21-11-16-14-26-18(22-16)17-5-4-10-27-17;/h4-5,10,14-15H,3,6-9,11-13H2,1-2H3,(H,20,21);1H. The molecular weight excluding hydrogens is 491 g/mol. The molecule has 0 aliphatic carbocycles. The molecule has 0 radical (unpaired) electrons. The first-order valence-electron chi connectivity index (χ1n) is 9.38. The summed E-state index contributed by atoms with van der Waals surface area (Å²) in [4.78, 5) is 12.6. The van der Waals surface area contributed by atoms with Crippen molar-refractivity contribution in [3.05, 3.63) is 29.5 Å². The number of likely N-dealkylation sites (tertiary alicyclic amines) is 1. The van der Waals surface area contributed by atoms with E-state index in [1.807, 2.05) is 17.5 Å². The van der Waals surface area contributed by atoms with Crippen LogP contribution in [0.15, 0.2) is 33.2 Å². The number of aliphatic imine (C=N–C) groups is 1. The third-order valence-electron chi connectivity index (χ3n) is 4.38. The molecule has 9 heteroatoms. The van der Waals surface area contributed by atoms with Gasteiger partial charge in [0.15, 0.2) is 5.96 Å². The minimum absolute atomic E-state index is 0. The van der Waals surface area contributed by atoms with E-state index in [9.17, 15) is 0 Å². The summed E-state index contributed by atoms with van der Waals surface area (Å²) in [5, 5.41) is 5.40. The van der Waals surface area contributed by atoms with Crippen LogP contribution in [0.5, 0.6) is 0 Å². The zero-order valence-corrected chi connectivity index (χ0v) is 19.6. The maximum Gasteiger partial charge on any atom is 0.236 e. The first-order chi connectivity index (χ1) is 13.3. The average molecular weight is 520 g/mol. The fraction of sp³-hybridized carbons (Fsp3) is 0.579. The minimum atomic E-state index is 0. The first-order valence-corrected chi connectivity index (χ1v) is 10.3. The summed E-state index contributed by atoms with van der Waals surface area (Å²) in [6.45, 7) is 7.44. The maximum atomic E-state index is 5.68. The molecule has 2 aromatic rings. The highest BCUT2D eigenvalue weighted by atomic mass is 127. The van der Waals surface area contributed by atoms with Gasteiger partial charge >= 0.3 is 0 Å². The number of hydrogen-bond acceptors (Lipinski definition) is 6. The number of guanidine groups is 1. The van der Waals surface area contributed by atoms with E-state index in [4.69, 9.17) is 18.9 Å². The topological polar surface area (TPSA) is 72.1 Å². The Bertz CT molecular complexity index is 708. The van der Waals surface area contributed by atoms with Crippen LogP contribution < -0.4 is 5.32 Å². The van der Waals surface area contributed by atoms with Crippen molar-refractivity contribution in [2.24, 2.45) is 10.9 Å². The molecule has 1 fully saturated rings. The third-order valence-corrected chi connectivity index (χ3v) is 5.24. The summed E-state index contributed by atoms with van der Waals surface area (Å²) in [6.07, 6.45) is 2.81. The smallest absolute Gasteiger partial charge is 0.236 e. The number of halogens is 1. The lowest BCUT2D eigenvalue weighted by Gasteiger charge is -2.21. The summed E-state index contributed by atoms with van der Waals surface area (Å²) in [5.74, 6) is 2.12. The molecule has 0 saturated carbocycles. The van der Waals surface area contributed by atoms with Crippen LogP contribution >= 0.6 is 35.3 Å². The second-order valence-electron chi connectivity index (χ2n) is 6.46. The highest BCUT2D eigenvalue weighted by molar-refractivity contribution is 14.0. The number of nitrogens with one attached hydrogen (secondary N) is 1. The van der Waals surface area contributed by atoms with E-state index >= 15 is 0 Å². The van der Waals surface area contributed by atoms with Crippen molar-refractivity contribution < 1.29 is 13.9 Å². The summed E-state index contributed by atoms with van der Waals surface area (Å²) in [7, 11) is 1.69. The summed E-state index contributed by atoms with van der Waals surface area (Å²) < 4.78 is 16.3. The van der Waals surface area contributed by atoms with Crippen molar-refractivity contribution in [2.75, 3.05) is 46.6 Å². The van der Waals surface area contributed by atoms with Crippen LogP contribution in [0, 0.1) is 5.92 Å². The van der Waals surface area contributed by atoms with Gasteiger partial charge in [0.05, 0.1) is 31.2 Å². The molecule has 1 N–H and O–H groups in total. The molecule has 0 spiro atoms. The predicted octanol–water partition coefficient (Wildman–Crippen LogP) is 3.47. The Morgan fingerprint density at radius 2 is 2.36 bits per heavy atom. The third kappa shape index (κ3) is 6.71. The van der Waals surface area contributed by atoms with Gasteiger partial charge in [-0.25, -0.2) is 9.98 Å². The number of hydrogen-bond donors (Lipinski definition) is 1. The molecule has 7 nitrogen and oxygen atoms in total. The number of aromatic nitrogens is 1. The van der Waals surface area contributed by atoms with Crippen LogP contribution in [0.4, 0.5) is 0 Å². The summed E-state index contributed by atoms with van der Waals surface area (Å²) in [5.41, 5.74) is 0.840. The fourth-order valence-corrected chi connectivity index (χ4v) is 3.68. The molecule has 2 aromatic heterocycles. The summed E-state index contributed by atoms with van der Waals surface area (Å²) in [6, 6.07) is 4.00. The number of oxazole rings is 1. The number of nitrogens with zero attached hydrogens (tertiary/aromatic N) is 3. The van der Waals surface area contributed by atoms with Gasteiger partial charge < -0.3 is 24.1 Å². The molecule has 1 aliphatic rings. The Morgan fingerprint density at radius 1 is 1.46 bits per heavy atom. The van der Waals surface area contributed by atoms with E-state index in [1.165, 1.54) is 0 Å². The van der Waals surface area contributed by atoms with Crippen LogP contribution in [0.25, 0.3) is 10.8 Å². The van der Waals surface area contributed by atoms with Crippen LogP contribution in [0.2, 0.25) is 0 Å². The number of thiophene rings is 1. The van der Waals surface area contributed by atoms with Gasteiger partial charge in [0.25, 0.3) is 0 Å². The van der Waals surface area contributed by atoms with Crippen LogP contribution in [-0.2, 0) is 16.0 Å². The maximum absolute atomic E-state index is 5.68. The Kier molecular flexibility index (Phi) is 10.2. The van der Waals surface area contributed by atoms with E-state index in [1.54, 1.807) is 24.7 Å². The van der Waals surface area contributed by atoms with Crippen LogP contribution in [0.3, 0.4) is 0 Å². The van der Waals surface area contributed by atoms with E-state index in [2.05, 4.69) is 22.1 Å². The normalized spacial score (nSPS) is 17.0. The van der Waals surface area contributed by atoms with Gasteiger partial charge in [-0.1, -0.05) is 6.07 Å². The predicted molar refractivity (Wildman–Crippen MR) is 122 cm³/mol. The molecule has 0 bridgehead atoms. The SMILES string of the molecule is CCNC(=NCc1coc(-c2cccs2)n1)N1CCC(COCCOC)C1.I. The highest BCUT2D eigenvalue weighted by Gasteiger charge is 2.25. The zero-order chi connectivity index (χ0) is 18.9. The Labute approximate surface area is 187 Å². The van der Waals surface area contributed by atoms with E-state index in [0.29, 0.717) is 31.6 Å². The van der Waals surface area contributed by atoms with Crippen molar-refractivity contribution in [1.82, 2.24) is 15.2 Å². The lowest BCUT2D eigenvalue weighted by molar-refractivity contribution is 0.0536. The van der Waals surface area contributed by atoms with Crippen molar-refractivity contribution in [1.29, 1.82) is 0 Å². The van der Waals surface area contributed by atoms with Gasteiger partial charge in [0.1, 0.15) is 12.0 Å². The molecule has 1 unspecified atom stereocenters. The Morgan fingerprint density at radius 3 is 3.11 bits per heavy atom. The number of methoxy groups -OCH3 is 1. The molecule has 0 amide bonds. The monoisotopic (exact) mass is 520 g/mol. The quantitative estimate of drug-likeness (QED) is 0.236. The highest BCUT2D eigenvalue weighted by Crippen LogP contribution is 2.24. The van der Waals surface area contributed by atoms with Gasteiger partial charge in [-0.2, -0.15) is 0 Å². The minimum Gasteiger partial charge on any atom is -0.443 e. The van der Waals surface area contributed by atoms with Crippen LogP contribution in [-0.4, -0.2) is 62.4 Å². The molecule has 1 aliphatic heterocycles. The van der Waals surface area contributed by atoms with Crippen molar-refractivity contribution in [3.63, 3.8) is 0 Å². The molecule has 156 valence electrons. The van der Waals surface area contributed by atoms with E-state index in [-0.39, 0.29) is 24.0 Å². The molecule has 0 aromatic carbocycles. The first kappa shape index (κ1) is 23.1. The molecule has 3 heterocycles. The second-order valence-corrected chi connectivity index (χ2v) is 7.41. The number of ether oxygens (including phenoxy) is 2. The average Bonchev–Trinajstić information content (AvgIpc) is 3.43. The largest absolute Gasteiger partial charge is 0.443 e. The summed E-state index contributed by atoms with van der Waals surface area (Å²) >= 11 is 1.62. The molecule has 1 atom stereocenters. The van der Waals surface area contributed by atoms with E-state index < -0.39 is 0 Å². The van der Waals surface area contributed by atoms with Gasteiger partial charge in [0, 0.05) is 32.7 Å². The van der Waals surface area contributed by atoms with Crippen molar-refractivity contribution >= 4 is 41.3 Å². The molecule has 1 saturated heterocycles. The molecule has 3 rings (SSSR count). The van der Waals surface area contributed by atoms with Crippen molar-refractivity contribution in [2.45, 2.75) is 19.9 Å². The lowest BCUT2D eigenvalue weighted by atomic mass is 10.1. The van der Waals surface area contributed by atoms with Crippen LogP contribution in [0.1, 0.15) is 19.0 Å². The van der Waals surface area contributed by atoms with Crippen molar-refractivity contribution in [3.8, 4) is 10.8 Å². The molecule has 28 heavy (non-hydrogen) atoms. The number of rotatable bonds is 9. The Balaban J connectivity index is 0.00000280. The van der Waals surface area contributed by atoms with E-state index in [0.717, 1.165) is 49.2 Å².